The van der Waals surface area contributed by atoms with Gasteiger partial charge in [-0.1, -0.05) is 0 Å². The molecule has 1 aliphatic carbocycles. The number of ether oxygens (including phenoxy) is 2. The van der Waals surface area contributed by atoms with Crippen molar-refractivity contribution in [3.63, 3.8) is 0 Å². The highest BCUT2D eigenvalue weighted by molar-refractivity contribution is 5.80. The van der Waals surface area contributed by atoms with Crippen molar-refractivity contribution in [2.45, 2.75) is 37.8 Å². The van der Waals surface area contributed by atoms with Crippen LogP contribution in [0.25, 0.3) is 0 Å². The zero-order valence-electron chi connectivity index (χ0n) is 16.4. The Morgan fingerprint density at radius 2 is 1.96 bits per heavy atom. The molecule has 0 radical (unpaired) electrons. The van der Waals surface area contributed by atoms with E-state index in [9.17, 15) is 9.59 Å². The maximum atomic E-state index is 12.9. The van der Waals surface area contributed by atoms with E-state index in [1.54, 1.807) is 14.2 Å². The van der Waals surface area contributed by atoms with E-state index >= 15 is 0 Å². The number of hydrogen-bond acceptors (Lipinski definition) is 4. The van der Waals surface area contributed by atoms with Crippen LogP contribution in [-0.4, -0.2) is 63.7 Å². The van der Waals surface area contributed by atoms with E-state index in [4.69, 9.17) is 9.47 Å². The molecule has 3 rings (SSSR count). The van der Waals surface area contributed by atoms with Gasteiger partial charge in [0.1, 0.15) is 11.5 Å². The summed E-state index contributed by atoms with van der Waals surface area (Å²) >= 11 is 0. The Kier molecular flexibility index (Phi) is 6.21. The Balaban J connectivity index is 1.64. The van der Waals surface area contributed by atoms with Crippen molar-refractivity contribution >= 4 is 11.8 Å². The molecule has 1 aromatic carbocycles. The number of rotatable bonds is 8. The third kappa shape index (κ3) is 4.91. The largest absolute Gasteiger partial charge is 0.497 e. The van der Waals surface area contributed by atoms with E-state index in [1.807, 2.05) is 30.1 Å². The molecule has 2 atom stereocenters. The normalized spacial score (nSPS) is 20.3. The summed E-state index contributed by atoms with van der Waals surface area (Å²) in [6, 6.07) is 6.03. The van der Waals surface area contributed by atoms with Gasteiger partial charge in [0, 0.05) is 18.2 Å². The second-order valence-electron chi connectivity index (χ2n) is 7.51. The lowest BCUT2D eigenvalue weighted by molar-refractivity contribution is -0.863. The number of hydrogen-bond donors (Lipinski definition) is 2. The maximum Gasteiger partial charge on any atom is 0.278 e. The monoisotopic (exact) mass is 376 g/mol. The SMILES string of the molecule is COc1ccc(OC)c([C@H]2CCCN2C(=O)C[NH+](C)CC(=O)NC2CC2)c1. The summed E-state index contributed by atoms with van der Waals surface area (Å²) in [5.41, 5.74) is 0.979. The quantitative estimate of drug-likeness (QED) is 0.678. The predicted octanol–water partition coefficient (Wildman–Crippen LogP) is 0.161. The van der Waals surface area contributed by atoms with Gasteiger partial charge in [0.15, 0.2) is 13.1 Å². The van der Waals surface area contributed by atoms with Crippen molar-refractivity contribution in [2.24, 2.45) is 0 Å². The average Bonchev–Trinajstić information content (AvgIpc) is 3.32. The summed E-state index contributed by atoms with van der Waals surface area (Å²) in [5, 5.41) is 2.97. The van der Waals surface area contributed by atoms with Crippen molar-refractivity contribution in [1.82, 2.24) is 10.2 Å². The van der Waals surface area contributed by atoms with Crippen molar-refractivity contribution in [3.8, 4) is 11.5 Å². The third-order valence-corrected chi connectivity index (χ3v) is 5.23. The number of nitrogens with one attached hydrogen (secondary N) is 2. The summed E-state index contributed by atoms with van der Waals surface area (Å²) in [6.07, 6.45) is 4.00. The van der Waals surface area contributed by atoms with Crippen LogP contribution in [0.15, 0.2) is 18.2 Å². The summed E-state index contributed by atoms with van der Waals surface area (Å²) in [7, 11) is 5.17. The first-order valence-electron chi connectivity index (χ1n) is 9.64. The smallest absolute Gasteiger partial charge is 0.278 e. The van der Waals surface area contributed by atoms with Crippen LogP contribution < -0.4 is 19.7 Å². The summed E-state index contributed by atoms with van der Waals surface area (Å²) in [5.74, 6) is 1.61. The topological polar surface area (TPSA) is 72.3 Å². The molecule has 148 valence electrons. The molecule has 0 bridgehead atoms. The highest BCUT2D eigenvalue weighted by Crippen LogP contribution is 2.38. The van der Waals surface area contributed by atoms with Crippen LogP contribution in [0.2, 0.25) is 0 Å². The lowest BCUT2D eigenvalue weighted by Crippen LogP contribution is -3.11. The average molecular weight is 376 g/mol. The van der Waals surface area contributed by atoms with E-state index in [2.05, 4.69) is 5.32 Å². The van der Waals surface area contributed by atoms with Gasteiger partial charge in [0.2, 0.25) is 0 Å². The van der Waals surface area contributed by atoms with E-state index < -0.39 is 0 Å². The molecule has 2 fully saturated rings. The molecule has 0 spiro atoms. The number of likely N-dealkylation sites (N-methyl/N-ethyl adjacent to an activating group) is 1. The zero-order chi connectivity index (χ0) is 19.4. The number of methoxy groups -OCH3 is 2. The lowest BCUT2D eigenvalue weighted by Gasteiger charge is -2.27. The van der Waals surface area contributed by atoms with Gasteiger partial charge in [0.25, 0.3) is 11.8 Å². The Morgan fingerprint density at radius 1 is 1.19 bits per heavy atom. The predicted molar refractivity (Wildman–Crippen MR) is 101 cm³/mol. The van der Waals surface area contributed by atoms with Crippen LogP contribution in [0.4, 0.5) is 0 Å². The second-order valence-corrected chi connectivity index (χ2v) is 7.51. The van der Waals surface area contributed by atoms with Gasteiger partial charge in [-0.05, 0) is 43.9 Å². The van der Waals surface area contributed by atoms with E-state index in [-0.39, 0.29) is 17.9 Å². The number of carbonyl (C=O) groups excluding carboxylic acids is 2. The number of amides is 2. The van der Waals surface area contributed by atoms with Crippen LogP contribution in [0.1, 0.15) is 37.3 Å². The highest BCUT2D eigenvalue weighted by atomic mass is 16.5. The third-order valence-electron chi connectivity index (χ3n) is 5.23. The fourth-order valence-corrected chi connectivity index (χ4v) is 3.69. The summed E-state index contributed by atoms with van der Waals surface area (Å²) in [4.78, 5) is 27.7. The minimum absolute atomic E-state index is 0.0179. The number of likely N-dealkylation sites (tertiary alicyclic amines) is 1. The molecule has 1 aromatic rings. The number of carbonyl (C=O) groups is 2. The summed E-state index contributed by atoms with van der Waals surface area (Å²) < 4.78 is 10.9. The van der Waals surface area contributed by atoms with Crippen LogP contribution in [-0.2, 0) is 9.59 Å². The van der Waals surface area contributed by atoms with Crippen molar-refractivity contribution in [3.05, 3.63) is 23.8 Å². The standard InChI is InChI=1S/C20H29N3O4/c1-22(12-19(24)21-14-6-7-14)13-20(25)23-10-4-5-17(23)16-11-15(26-2)8-9-18(16)27-3/h8-9,11,14,17H,4-7,10,12-13H2,1-3H3,(H,21,24)/p+1/t17-/m1/s1. The van der Waals surface area contributed by atoms with Gasteiger partial charge in [-0.15, -0.1) is 0 Å². The molecule has 1 aliphatic heterocycles. The molecule has 1 unspecified atom stereocenters. The molecule has 2 N–H and O–H groups in total. The van der Waals surface area contributed by atoms with Crippen molar-refractivity contribution < 1.29 is 24.0 Å². The van der Waals surface area contributed by atoms with Gasteiger partial charge in [-0.3, -0.25) is 9.59 Å². The highest BCUT2D eigenvalue weighted by Gasteiger charge is 2.34. The van der Waals surface area contributed by atoms with E-state index in [0.717, 1.165) is 54.2 Å². The molecule has 1 heterocycles. The number of quaternary nitrogens is 1. The van der Waals surface area contributed by atoms with Gasteiger partial charge in [-0.25, -0.2) is 0 Å². The lowest BCUT2D eigenvalue weighted by atomic mass is 10.0. The Bertz CT molecular complexity index is 690. The first kappa shape index (κ1) is 19.5. The van der Waals surface area contributed by atoms with Gasteiger partial charge in [-0.2, -0.15) is 0 Å². The van der Waals surface area contributed by atoms with Crippen LogP contribution in [0.5, 0.6) is 11.5 Å². The first-order valence-corrected chi connectivity index (χ1v) is 9.64. The molecule has 7 nitrogen and oxygen atoms in total. The molecule has 27 heavy (non-hydrogen) atoms. The molecule has 0 aromatic heterocycles. The fourth-order valence-electron chi connectivity index (χ4n) is 3.69. The fraction of sp³-hybridized carbons (Fsp3) is 0.600. The minimum atomic E-state index is -0.0179. The molecule has 1 saturated heterocycles. The Hall–Kier alpha value is -2.28. The minimum Gasteiger partial charge on any atom is -0.497 e. The van der Waals surface area contributed by atoms with Gasteiger partial charge in [0.05, 0.1) is 27.3 Å². The molecular formula is C20H30N3O4+. The molecular weight excluding hydrogens is 346 g/mol. The maximum absolute atomic E-state index is 12.9. The van der Waals surface area contributed by atoms with Crippen molar-refractivity contribution in [2.75, 3.05) is 40.9 Å². The number of benzene rings is 1. The van der Waals surface area contributed by atoms with Crippen LogP contribution in [0, 0.1) is 0 Å². The first-order chi connectivity index (χ1) is 13.0. The second kappa shape index (κ2) is 8.61. The zero-order valence-corrected chi connectivity index (χ0v) is 16.4. The van der Waals surface area contributed by atoms with Gasteiger partial charge >= 0.3 is 0 Å². The Morgan fingerprint density at radius 3 is 2.63 bits per heavy atom. The van der Waals surface area contributed by atoms with Gasteiger partial charge < -0.3 is 24.6 Å². The van der Waals surface area contributed by atoms with Crippen LogP contribution in [0.3, 0.4) is 0 Å². The molecule has 7 heteroatoms. The summed E-state index contributed by atoms with van der Waals surface area (Å²) in [6.45, 7) is 1.36. The van der Waals surface area contributed by atoms with E-state index in [0.29, 0.717) is 19.1 Å². The molecule has 2 amide bonds. The molecule has 2 aliphatic rings. The Labute approximate surface area is 160 Å². The van der Waals surface area contributed by atoms with Crippen LogP contribution >= 0.6 is 0 Å². The number of nitrogens with zero attached hydrogens (tertiary/aromatic N) is 1. The van der Waals surface area contributed by atoms with E-state index in [1.165, 1.54) is 0 Å². The molecule has 1 saturated carbocycles. The van der Waals surface area contributed by atoms with Crippen molar-refractivity contribution in [1.29, 1.82) is 0 Å².